The predicted octanol–water partition coefficient (Wildman–Crippen LogP) is 0.401. The van der Waals surface area contributed by atoms with Crippen LogP contribution in [-0.4, -0.2) is 14.9 Å². The molecule has 0 unspecified atom stereocenters. The molecule has 2 rings (SSSR count). The average Bonchev–Trinajstić information content (AvgIpc) is 2.45. The van der Waals surface area contributed by atoms with Crippen LogP contribution in [0.5, 0.6) is 0 Å². The Hall–Kier alpha value is -0.786. The predicted molar refractivity (Wildman–Crippen MR) is 88.9 cm³/mol. The molecule has 0 fully saturated rings. The molecule has 0 aliphatic carbocycles. The summed E-state index contributed by atoms with van der Waals surface area (Å²) < 4.78 is 6.39. The molecule has 0 amide bonds. The summed E-state index contributed by atoms with van der Waals surface area (Å²) in [5, 5.41) is 2.66. The molecule has 0 heterocycles. The topological polar surface area (TPSA) is 9.23 Å². The van der Waals surface area contributed by atoms with Gasteiger partial charge in [-0.3, -0.25) is 0 Å². The monoisotopic (exact) mass is 290 g/mol. The summed E-state index contributed by atoms with van der Waals surface area (Å²) in [6, 6.07) is 21.3. The van der Waals surface area contributed by atoms with Crippen molar-refractivity contribution in [2.45, 2.75) is 25.8 Å². The van der Waals surface area contributed by atoms with Crippen LogP contribution in [-0.2, 0) is 4.43 Å². The zero-order valence-corrected chi connectivity index (χ0v) is 14.6. The number of benzene rings is 2. The molecule has 0 spiro atoms. The van der Waals surface area contributed by atoms with E-state index in [0.29, 0.717) is 6.61 Å². The van der Waals surface area contributed by atoms with Crippen molar-refractivity contribution in [2.75, 3.05) is 6.61 Å². The second-order valence-electron chi connectivity index (χ2n) is 6.01. The Morgan fingerprint density at radius 1 is 0.857 bits per heavy atom. The van der Waals surface area contributed by atoms with Crippen LogP contribution in [0.1, 0.15) is 20.8 Å². The third-order valence-electron chi connectivity index (χ3n) is 3.74. The van der Waals surface area contributed by atoms with Crippen LogP contribution in [0.15, 0.2) is 60.7 Å². The molecule has 3 heteroatoms. The molecule has 0 aliphatic heterocycles. The first kappa shape index (κ1) is 18.3. The van der Waals surface area contributed by atoms with Crippen LogP contribution in [0, 0.1) is 6.92 Å². The molecule has 0 N–H and O–H groups in total. The molecule has 21 heavy (non-hydrogen) atoms. The Morgan fingerprint density at radius 3 is 1.52 bits per heavy atom. The summed E-state index contributed by atoms with van der Waals surface area (Å²) in [7, 11) is -2.31. The van der Waals surface area contributed by atoms with Crippen LogP contribution in [0.3, 0.4) is 0 Å². The first-order valence-corrected chi connectivity index (χ1v) is 8.97. The van der Waals surface area contributed by atoms with Crippen LogP contribution in [0.2, 0.25) is 5.04 Å². The maximum Gasteiger partial charge on any atom is 1.00 e. The van der Waals surface area contributed by atoms with E-state index in [1.54, 1.807) is 0 Å². The minimum atomic E-state index is -2.31. The summed E-state index contributed by atoms with van der Waals surface area (Å²) in [4.78, 5) is 0. The van der Waals surface area contributed by atoms with Gasteiger partial charge in [0.15, 0.2) is 0 Å². The molecule has 0 saturated heterocycles. The van der Waals surface area contributed by atoms with Gasteiger partial charge in [0.25, 0.3) is 8.32 Å². The molecule has 0 saturated carbocycles. The van der Waals surface area contributed by atoms with Gasteiger partial charge < -0.3 is 11.3 Å². The largest absolute Gasteiger partial charge is 1.00 e. The Balaban J connectivity index is 0.00000220. The Bertz CT molecular complexity index is 495. The van der Waals surface area contributed by atoms with Gasteiger partial charge in [0.05, 0.1) is 0 Å². The van der Waals surface area contributed by atoms with Crippen LogP contribution in [0.4, 0.5) is 0 Å². The normalized spacial score (nSPS) is 11.8. The maximum atomic E-state index is 6.39. The molecule has 0 atom stereocenters. The quantitative estimate of drug-likeness (QED) is 0.585. The summed E-state index contributed by atoms with van der Waals surface area (Å²) in [6.07, 6.45) is 0. The van der Waals surface area contributed by atoms with Gasteiger partial charge in [0, 0.05) is 0 Å². The minimum Gasteiger partial charge on any atom is -0.440 e. The minimum absolute atomic E-state index is 0. The van der Waals surface area contributed by atoms with Crippen molar-refractivity contribution < 1.29 is 23.3 Å². The third-order valence-corrected chi connectivity index (χ3v) is 8.78. The molecule has 2 aromatic carbocycles. The fourth-order valence-corrected chi connectivity index (χ4v) is 7.38. The van der Waals surface area contributed by atoms with Crippen LogP contribution in [0.25, 0.3) is 0 Å². The van der Waals surface area contributed by atoms with E-state index >= 15 is 0 Å². The second-order valence-corrected chi connectivity index (χ2v) is 10.3. The van der Waals surface area contributed by atoms with E-state index in [0.717, 1.165) is 0 Å². The first-order chi connectivity index (χ1) is 9.52. The SMILES string of the molecule is [CH2-]CO[Si](c1ccccc1)(c1ccccc1)C(C)(C)C.[Li+]. The number of hydrogen-bond acceptors (Lipinski definition) is 1. The van der Waals surface area contributed by atoms with Gasteiger partial charge in [-0.05, 0) is 15.4 Å². The fourth-order valence-electron chi connectivity index (χ4n) is 2.91. The van der Waals surface area contributed by atoms with E-state index in [4.69, 9.17) is 4.43 Å². The van der Waals surface area contributed by atoms with Crippen molar-refractivity contribution in [3.8, 4) is 0 Å². The summed E-state index contributed by atoms with van der Waals surface area (Å²) in [6.45, 7) is 11.3. The molecule has 1 nitrogen and oxygen atoms in total. The summed E-state index contributed by atoms with van der Waals surface area (Å²) >= 11 is 0. The molecule has 0 bridgehead atoms. The van der Waals surface area contributed by atoms with E-state index in [1.807, 2.05) is 0 Å². The molecular formula is C18H23LiOSi. The second kappa shape index (κ2) is 7.47. The summed E-state index contributed by atoms with van der Waals surface area (Å²) in [5.41, 5.74) is 0. The van der Waals surface area contributed by atoms with Crippen LogP contribution >= 0.6 is 0 Å². The van der Waals surface area contributed by atoms with Gasteiger partial charge in [-0.25, -0.2) is 0 Å². The van der Waals surface area contributed by atoms with Gasteiger partial charge >= 0.3 is 18.9 Å². The van der Waals surface area contributed by atoms with Crippen molar-refractivity contribution in [3.05, 3.63) is 67.6 Å². The Morgan fingerprint density at radius 2 is 1.24 bits per heavy atom. The molecule has 0 aliphatic rings. The van der Waals surface area contributed by atoms with Crippen molar-refractivity contribution in [2.24, 2.45) is 0 Å². The zero-order valence-electron chi connectivity index (χ0n) is 13.6. The maximum absolute atomic E-state index is 6.39. The van der Waals surface area contributed by atoms with Crippen molar-refractivity contribution in [3.63, 3.8) is 0 Å². The Kier molecular flexibility index (Phi) is 6.50. The molecule has 0 aromatic heterocycles. The van der Waals surface area contributed by atoms with Gasteiger partial charge in [0.2, 0.25) is 0 Å². The van der Waals surface area contributed by atoms with E-state index in [-0.39, 0.29) is 23.9 Å². The van der Waals surface area contributed by atoms with E-state index < -0.39 is 8.32 Å². The molecule has 106 valence electrons. The van der Waals surface area contributed by atoms with Gasteiger partial charge in [-0.1, -0.05) is 88.0 Å². The van der Waals surface area contributed by atoms with Crippen molar-refractivity contribution in [1.82, 2.24) is 0 Å². The van der Waals surface area contributed by atoms with Gasteiger partial charge in [0.1, 0.15) is 0 Å². The molecule has 0 radical (unpaired) electrons. The van der Waals surface area contributed by atoms with Crippen molar-refractivity contribution in [1.29, 1.82) is 0 Å². The zero-order chi connectivity index (χ0) is 14.6. The molecule has 2 aromatic rings. The van der Waals surface area contributed by atoms with Crippen LogP contribution < -0.4 is 29.2 Å². The van der Waals surface area contributed by atoms with E-state index in [9.17, 15) is 0 Å². The van der Waals surface area contributed by atoms with Crippen molar-refractivity contribution >= 4 is 18.7 Å². The van der Waals surface area contributed by atoms with E-state index in [2.05, 4.69) is 88.4 Å². The standard InChI is InChI=1S/C18H23OSi.Li/c1-5-19-20(18(2,3)4,16-12-8-6-9-13-16)17-14-10-7-11-15-17;/h6-15H,1,5H2,2-4H3;/q-1;+1. The number of rotatable bonds is 4. The third kappa shape index (κ3) is 3.52. The van der Waals surface area contributed by atoms with Gasteiger partial charge in [-0.2, -0.15) is 0 Å². The molecular weight excluding hydrogens is 267 g/mol. The first-order valence-electron chi connectivity index (χ1n) is 7.06. The number of hydrogen-bond donors (Lipinski definition) is 0. The summed E-state index contributed by atoms with van der Waals surface area (Å²) in [5.74, 6) is 0. The average molecular weight is 290 g/mol. The van der Waals surface area contributed by atoms with Gasteiger partial charge in [-0.15, -0.1) is 0 Å². The Labute approximate surface area is 142 Å². The smallest absolute Gasteiger partial charge is 0.440 e. The van der Waals surface area contributed by atoms with E-state index in [1.165, 1.54) is 10.4 Å². The fraction of sp³-hybridized carbons (Fsp3) is 0.278.